The van der Waals surface area contributed by atoms with E-state index >= 15 is 0 Å². The summed E-state index contributed by atoms with van der Waals surface area (Å²) >= 11 is 0. The van der Waals surface area contributed by atoms with Gasteiger partial charge in [0.25, 0.3) is 0 Å². The normalized spacial score (nSPS) is 11.3. The molecule has 8 heteroatoms. The van der Waals surface area contributed by atoms with Gasteiger partial charge in [-0.15, -0.1) is 40.8 Å². The van der Waals surface area contributed by atoms with Gasteiger partial charge in [0.15, 0.2) is 11.8 Å². The fraction of sp³-hybridized carbons (Fsp3) is 0.316. The lowest BCUT2D eigenvalue weighted by Crippen LogP contribution is -2.38. The molecule has 0 atom stereocenters. The van der Waals surface area contributed by atoms with Crippen LogP contribution in [0, 0.1) is 6.92 Å². The summed E-state index contributed by atoms with van der Waals surface area (Å²) in [6.07, 6.45) is 1.80. The molecule has 0 radical (unpaired) electrons. The molecule has 144 valence electrons. The Bertz CT molecular complexity index is 896. The Balaban J connectivity index is 0.00000261. The van der Waals surface area contributed by atoms with Crippen molar-refractivity contribution in [3.63, 3.8) is 0 Å². The molecular weight excluding hydrogens is 455 g/mol. The molecule has 0 spiro atoms. The minimum Gasteiger partial charge on any atom is -0.459 e. The third-order valence-electron chi connectivity index (χ3n) is 4.19. The summed E-state index contributed by atoms with van der Waals surface area (Å²) in [5.74, 6) is 3.33. The molecule has 0 aliphatic carbocycles. The number of nitrogens with one attached hydrogen (secondary N) is 1. The van der Waals surface area contributed by atoms with Gasteiger partial charge in [0, 0.05) is 26.0 Å². The van der Waals surface area contributed by atoms with Crippen molar-refractivity contribution in [3.05, 3.63) is 60.4 Å². The molecule has 3 rings (SSSR count). The second-order valence-corrected chi connectivity index (χ2v) is 6.14. The molecular formula is C19H25IN6O. The topological polar surface area (TPSA) is 71.5 Å². The number of aromatic nitrogens is 3. The van der Waals surface area contributed by atoms with E-state index in [2.05, 4.69) is 33.2 Å². The fourth-order valence-electron chi connectivity index (χ4n) is 2.63. The SMILES string of the molecule is C=CCNC(=NCc1nnc(C)n1C)N(C)Cc1cc2ccccc2o1.I. The van der Waals surface area contributed by atoms with Crippen LogP contribution in [0.25, 0.3) is 11.0 Å². The van der Waals surface area contributed by atoms with Crippen molar-refractivity contribution in [2.24, 2.45) is 12.0 Å². The van der Waals surface area contributed by atoms with E-state index in [1.54, 1.807) is 6.08 Å². The first kappa shape index (κ1) is 20.9. The minimum atomic E-state index is 0. The highest BCUT2D eigenvalue weighted by Gasteiger charge is 2.11. The molecule has 0 fully saturated rings. The van der Waals surface area contributed by atoms with Crippen molar-refractivity contribution in [2.45, 2.75) is 20.0 Å². The van der Waals surface area contributed by atoms with Gasteiger partial charge < -0.3 is 19.2 Å². The Kier molecular flexibility index (Phi) is 7.40. The number of hydrogen-bond acceptors (Lipinski definition) is 4. The summed E-state index contributed by atoms with van der Waals surface area (Å²) in [5.41, 5.74) is 0.892. The zero-order valence-electron chi connectivity index (χ0n) is 15.8. The van der Waals surface area contributed by atoms with Crippen molar-refractivity contribution in [3.8, 4) is 0 Å². The maximum Gasteiger partial charge on any atom is 0.194 e. The molecule has 1 aromatic carbocycles. The number of nitrogens with zero attached hydrogens (tertiary/aromatic N) is 5. The predicted octanol–water partition coefficient (Wildman–Crippen LogP) is 3.25. The average Bonchev–Trinajstić information content (AvgIpc) is 3.18. The number of fused-ring (bicyclic) bond motifs is 1. The van der Waals surface area contributed by atoms with E-state index in [0.717, 1.165) is 34.3 Å². The van der Waals surface area contributed by atoms with Crippen molar-refractivity contribution in [1.29, 1.82) is 0 Å². The zero-order valence-corrected chi connectivity index (χ0v) is 18.2. The largest absolute Gasteiger partial charge is 0.459 e. The number of para-hydroxylation sites is 1. The molecule has 1 N–H and O–H groups in total. The molecule has 0 bridgehead atoms. The van der Waals surface area contributed by atoms with Crippen LogP contribution in [0.5, 0.6) is 0 Å². The lowest BCUT2D eigenvalue weighted by atomic mass is 10.2. The summed E-state index contributed by atoms with van der Waals surface area (Å²) in [6, 6.07) is 10.1. The number of hydrogen-bond donors (Lipinski definition) is 1. The predicted molar refractivity (Wildman–Crippen MR) is 118 cm³/mol. The summed E-state index contributed by atoms with van der Waals surface area (Å²) in [5, 5.41) is 12.6. The second-order valence-electron chi connectivity index (χ2n) is 6.14. The quantitative estimate of drug-likeness (QED) is 0.254. The highest BCUT2D eigenvalue weighted by molar-refractivity contribution is 14.0. The molecule has 0 saturated carbocycles. The van der Waals surface area contributed by atoms with Gasteiger partial charge in [-0.2, -0.15) is 0 Å². The van der Waals surface area contributed by atoms with Crippen LogP contribution in [0.3, 0.4) is 0 Å². The standard InChI is InChI=1S/C19H24N6O.HI/c1-5-10-20-19(21-12-18-23-22-14(2)25(18)4)24(3)13-16-11-15-8-6-7-9-17(15)26-16;/h5-9,11H,1,10,12-13H2,2-4H3,(H,20,21);1H. The van der Waals surface area contributed by atoms with Crippen molar-refractivity contribution in [2.75, 3.05) is 13.6 Å². The molecule has 0 unspecified atom stereocenters. The first-order chi connectivity index (χ1) is 12.6. The van der Waals surface area contributed by atoms with E-state index in [-0.39, 0.29) is 24.0 Å². The van der Waals surface area contributed by atoms with Gasteiger partial charge in [0.05, 0.1) is 6.54 Å². The second kappa shape index (κ2) is 9.54. The Morgan fingerprint density at radius 1 is 1.37 bits per heavy atom. The zero-order chi connectivity index (χ0) is 18.5. The molecule has 3 aromatic rings. The van der Waals surface area contributed by atoms with E-state index in [9.17, 15) is 0 Å². The highest BCUT2D eigenvalue weighted by atomic mass is 127. The van der Waals surface area contributed by atoms with Crippen molar-refractivity contribution >= 4 is 40.9 Å². The lowest BCUT2D eigenvalue weighted by Gasteiger charge is -2.21. The molecule has 0 amide bonds. The first-order valence-electron chi connectivity index (χ1n) is 8.51. The number of aryl methyl sites for hydroxylation is 1. The molecule has 2 aromatic heterocycles. The van der Waals surface area contributed by atoms with Gasteiger partial charge in [-0.1, -0.05) is 24.3 Å². The molecule has 0 saturated heterocycles. The number of halogens is 1. The number of rotatable bonds is 6. The summed E-state index contributed by atoms with van der Waals surface area (Å²) in [6.45, 7) is 7.36. The van der Waals surface area contributed by atoms with E-state index in [0.29, 0.717) is 19.6 Å². The molecule has 0 aliphatic rings. The number of aliphatic imine (C=N–C) groups is 1. The maximum atomic E-state index is 5.91. The maximum absolute atomic E-state index is 5.91. The molecule has 27 heavy (non-hydrogen) atoms. The Hall–Kier alpha value is -2.36. The average molecular weight is 480 g/mol. The molecule has 2 heterocycles. The van der Waals surface area contributed by atoms with E-state index in [1.165, 1.54) is 0 Å². The Morgan fingerprint density at radius 3 is 2.81 bits per heavy atom. The van der Waals surface area contributed by atoms with Crippen LogP contribution in [0.4, 0.5) is 0 Å². The van der Waals surface area contributed by atoms with Crippen LogP contribution < -0.4 is 5.32 Å². The van der Waals surface area contributed by atoms with Crippen LogP contribution >= 0.6 is 24.0 Å². The first-order valence-corrected chi connectivity index (χ1v) is 8.51. The Morgan fingerprint density at radius 2 is 2.15 bits per heavy atom. The van der Waals surface area contributed by atoms with Crippen molar-refractivity contribution in [1.82, 2.24) is 25.0 Å². The van der Waals surface area contributed by atoms with Crippen LogP contribution in [-0.4, -0.2) is 39.2 Å². The molecule has 0 aliphatic heterocycles. The van der Waals surface area contributed by atoms with E-state index < -0.39 is 0 Å². The lowest BCUT2D eigenvalue weighted by molar-refractivity contribution is 0.413. The monoisotopic (exact) mass is 480 g/mol. The van der Waals surface area contributed by atoms with Crippen LogP contribution in [-0.2, 0) is 20.1 Å². The summed E-state index contributed by atoms with van der Waals surface area (Å²) < 4.78 is 7.85. The van der Waals surface area contributed by atoms with Crippen molar-refractivity contribution < 1.29 is 4.42 Å². The van der Waals surface area contributed by atoms with Gasteiger partial charge >= 0.3 is 0 Å². The van der Waals surface area contributed by atoms with E-state index in [4.69, 9.17) is 4.42 Å². The van der Waals surface area contributed by atoms with Crippen LogP contribution in [0.2, 0.25) is 0 Å². The third-order valence-corrected chi connectivity index (χ3v) is 4.19. The number of benzene rings is 1. The van der Waals surface area contributed by atoms with E-state index in [1.807, 2.05) is 54.8 Å². The summed E-state index contributed by atoms with van der Waals surface area (Å²) in [4.78, 5) is 6.69. The van der Waals surface area contributed by atoms with Crippen LogP contribution in [0.15, 0.2) is 52.4 Å². The minimum absolute atomic E-state index is 0. The Labute approximate surface area is 176 Å². The fourth-order valence-corrected chi connectivity index (χ4v) is 2.63. The highest BCUT2D eigenvalue weighted by Crippen LogP contribution is 2.19. The number of guanidine groups is 1. The molecule has 7 nitrogen and oxygen atoms in total. The summed E-state index contributed by atoms with van der Waals surface area (Å²) in [7, 11) is 3.92. The van der Waals surface area contributed by atoms with Gasteiger partial charge in [-0.3, -0.25) is 0 Å². The van der Waals surface area contributed by atoms with Gasteiger partial charge in [0.1, 0.15) is 23.7 Å². The smallest absolute Gasteiger partial charge is 0.194 e. The van der Waals surface area contributed by atoms with Gasteiger partial charge in [-0.05, 0) is 19.1 Å². The number of furan rings is 1. The third kappa shape index (κ3) is 5.09. The van der Waals surface area contributed by atoms with Gasteiger partial charge in [0.2, 0.25) is 0 Å². The van der Waals surface area contributed by atoms with Crippen LogP contribution in [0.1, 0.15) is 17.4 Å². The van der Waals surface area contributed by atoms with Gasteiger partial charge in [-0.25, -0.2) is 4.99 Å².